The summed E-state index contributed by atoms with van der Waals surface area (Å²) in [5, 5.41) is 3.25. The van der Waals surface area contributed by atoms with Crippen molar-refractivity contribution in [3.8, 4) is 0 Å². The number of rotatable bonds is 5. The van der Waals surface area contributed by atoms with Crippen LogP contribution < -0.4 is 5.32 Å². The molecule has 1 aliphatic rings. The molecule has 1 amide bonds. The van der Waals surface area contributed by atoms with Crippen LogP contribution in [0.25, 0.3) is 11.0 Å². The van der Waals surface area contributed by atoms with Gasteiger partial charge in [-0.15, -0.1) is 11.3 Å². The molecule has 4 rings (SSSR count). The molecule has 1 aliphatic carbocycles. The number of esters is 2. The molecule has 2 heterocycles. The van der Waals surface area contributed by atoms with Crippen LogP contribution in [0.15, 0.2) is 24.5 Å². The van der Waals surface area contributed by atoms with Crippen molar-refractivity contribution >= 4 is 45.2 Å². The number of nitrogens with zero attached hydrogens (tertiary/aromatic N) is 1. The lowest BCUT2D eigenvalue weighted by Gasteiger charge is -2.33. The maximum atomic E-state index is 12.9. The van der Waals surface area contributed by atoms with E-state index in [1.165, 1.54) is 25.4 Å². The smallest absolute Gasteiger partial charge is 0.341 e. The minimum absolute atomic E-state index is 0.151. The fourth-order valence-electron chi connectivity index (χ4n) is 4.29. The number of thiophene rings is 1. The molecule has 3 aromatic rings. The van der Waals surface area contributed by atoms with Gasteiger partial charge in [-0.3, -0.25) is 4.79 Å². The maximum absolute atomic E-state index is 12.9. The lowest BCUT2D eigenvalue weighted by molar-refractivity contribution is -0.123. The fourth-order valence-corrected chi connectivity index (χ4v) is 5.61. The monoisotopic (exact) mass is 483 g/mol. The Kier molecular flexibility index (Phi) is 6.49. The van der Waals surface area contributed by atoms with E-state index in [-0.39, 0.29) is 5.41 Å². The molecule has 1 aromatic carbocycles. The van der Waals surface area contributed by atoms with Gasteiger partial charge in [-0.1, -0.05) is 20.8 Å². The summed E-state index contributed by atoms with van der Waals surface area (Å²) in [6, 6.07) is 4.94. The van der Waals surface area contributed by atoms with E-state index < -0.39 is 23.9 Å². The minimum atomic E-state index is -1.06. The second kappa shape index (κ2) is 9.21. The Bertz CT molecular complexity index is 1250. The summed E-state index contributed by atoms with van der Waals surface area (Å²) in [5.41, 5.74) is 3.25. The normalized spacial score (nSPS) is 16.6. The summed E-state index contributed by atoms with van der Waals surface area (Å²) in [6.45, 7) is 8.17. The fraction of sp³-hybridized carbons (Fsp3) is 0.440. The number of imidazole rings is 1. The second-order valence-electron chi connectivity index (χ2n) is 9.68. The van der Waals surface area contributed by atoms with Crippen LogP contribution in [0.5, 0.6) is 0 Å². The molecule has 0 radical (unpaired) electrons. The van der Waals surface area contributed by atoms with E-state index in [4.69, 9.17) is 9.47 Å². The number of nitrogens with one attached hydrogen (secondary N) is 2. The van der Waals surface area contributed by atoms with Crippen molar-refractivity contribution in [2.75, 3.05) is 12.4 Å². The number of ether oxygens (including phenoxy) is 2. The highest BCUT2D eigenvalue weighted by atomic mass is 32.1. The van der Waals surface area contributed by atoms with E-state index >= 15 is 0 Å². The number of methoxy groups -OCH3 is 1. The van der Waals surface area contributed by atoms with Gasteiger partial charge in [-0.2, -0.15) is 0 Å². The third-order valence-corrected chi connectivity index (χ3v) is 7.60. The first-order valence-electron chi connectivity index (χ1n) is 11.3. The predicted octanol–water partition coefficient (Wildman–Crippen LogP) is 4.75. The van der Waals surface area contributed by atoms with Gasteiger partial charge in [0.2, 0.25) is 0 Å². The van der Waals surface area contributed by atoms with Gasteiger partial charge in [-0.25, -0.2) is 14.6 Å². The molecule has 0 aliphatic heterocycles. The van der Waals surface area contributed by atoms with Gasteiger partial charge in [0.1, 0.15) is 5.00 Å². The molecule has 34 heavy (non-hydrogen) atoms. The van der Waals surface area contributed by atoms with E-state index in [0.29, 0.717) is 27.6 Å². The minimum Gasteiger partial charge on any atom is -0.465 e. The van der Waals surface area contributed by atoms with E-state index in [1.54, 1.807) is 24.5 Å². The molecule has 2 unspecified atom stereocenters. The van der Waals surface area contributed by atoms with Crippen LogP contribution in [0.4, 0.5) is 5.00 Å². The third-order valence-electron chi connectivity index (χ3n) is 6.43. The molecule has 0 saturated carbocycles. The molecule has 0 spiro atoms. The van der Waals surface area contributed by atoms with Gasteiger partial charge in [0.25, 0.3) is 5.91 Å². The number of fused-ring (bicyclic) bond motifs is 2. The first-order valence-corrected chi connectivity index (χ1v) is 12.1. The van der Waals surface area contributed by atoms with Crippen molar-refractivity contribution in [1.29, 1.82) is 0 Å². The van der Waals surface area contributed by atoms with Crippen LogP contribution in [0.2, 0.25) is 0 Å². The van der Waals surface area contributed by atoms with Crippen LogP contribution in [-0.2, 0) is 27.1 Å². The molecular formula is C25H29N3O5S. The van der Waals surface area contributed by atoms with Crippen LogP contribution >= 0.6 is 11.3 Å². The van der Waals surface area contributed by atoms with E-state index in [0.717, 1.165) is 35.2 Å². The average molecular weight is 484 g/mol. The van der Waals surface area contributed by atoms with Gasteiger partial charge in [0.15, 0.2) is 6.10 Å². The Labute approximate surface area is 202 Å². The summed E-state index contributed by atoms with van der Waals surface area (Å²) >= 11 is 1.40. The molecule has 9 heteroatoms. The number of aromatic amines is 1. The Morgan fingerprint density at radius 3 is 2.71 bits per heavy atom. The third kappa shape index (κ3) is 4.70. The number of carbonyl (C=O) groups is 3. The van der Waals surface area contributed by atoms with Crippen molar-refractivity contribution in [2.45, 2.75) is 53.1 Å². The average Bonchev–Trinajstić information content (AvgIpc) is 3.40. The molecule has 2 N–H and O–H groups in total. The topological polar surface area (TPSA) is 110 Å². The van der Waals surface area contributed by atoms with Crippen molar-refractivity contribution in [3.05, 3.63) is 46.1 Å². The zero-order valence-electron chi connectivity index (χ0n) is 20.0. The molecule has 2 atom stereocenters. The lowest BCUT2D eigenvalue weighted by atomic mass is 9.72. The van der Waals surface area contributed by atoms with E-state index in [2.05, 4.69) is 36.1 Å². The van der Waals surface area contributed by atoms with E-state index in [1.807, 2.05) is 0 Å². The Balaban J connectivity index is 1.51. The number of carbonyl (C=O) groups excluding carboxylic acids is 3. The largest absolute Gasteiger partial charge is 0.465 e. The standard InChI is InChI=1S/C25H29N3O5S/c1-13(33-23(30)14-6-9-17-18(10-14)27-12-26-17)21(29)28-22-20(24(31)32-5)16-8-7-15(25(2,3)4)11-19(16)34-22/h6,9-10,12-13,15H,7-8,11H2,1-5H3,(H,26,27)(H,28,29). The zero-order valence-corrected chi connectivity index (χ0v) is 20.8. The number of anilines is 1. The van der Waals surface area contributed by atoms with Gasteiger partial charge in [0, 0.05) is 4.88 Å². The first kappa shape index (κ1) is 23.9. The summed E-state index contributed by atoms with van der Waals surface area (Å²) in [6.07, 6.45) is 3.06. The second-order valence-corrected chi connectivity index (χ2v) is 10.8. The quantitative estimate of drug-likeness (QED) is 0.507. The van der Waals surface area contributed by atoms with Crippen LogP contribution in [0.3, 0.4) is 0 Å². The Morgan fingerprint density at radius 1 is 1.24 bits per heavy atom. The Hall–Kier alpha value is -3.20. The molecule has 180 valence electrons. The lowest BCUT2D eigenvalue weighted by Crippen LogP contribution is -2.30. The SMILES string of the molecule is COC(=O)c1c(NC(=O)C(C)OC(=O)c2ccc3nc[nH]c3c2)sc2c1CCC(C(C)(C)C)C2. The molecule has 0 saturated heterocycles. The van der Waals surface area contributed by atoms with Gasteiger partial charge in [-0.05, 0) is 61.3 Å². The highest BCUT2D eigenvalue weighted by Gasteiger charge is 2.35. The van der Waals surface area contributed by atoms with Gasteiger partial charge in [0.05, 0.1) is 35.6 Å². The summed E-state index contributed by atoms with van der Waals surface area (Å²) in [7, 11) is 1.33. The van der Waals surface area contributed by atoms with Crippen molar-refractivity contribution in [1.82, 2.24) is 9.97 Å². The summed E-state index contributed by atoms with van der Waals surface area (Å²) in [4.78, 5) is 46.2. The van der Waals surface area contributed by atoms with Gasteiger partial charge < -0.3 is 19.8 Å². The number of aromatic nitrogens is 2. The van der Waals surface area contributed by atoms with Crippen molar-refractivity contribution < 1.29 is 23.9 Å². The summed E-state index contributed by atoms with van der Waals surface area (Å²) in [5.74, 6) is -1.11. The number of hydrogen-bond acceptors (Lipinski definition) is 7. The maximum Gasteiger partial charge on any atom is 0.341 e. The number of hydrogen-bond donors (Lipinski definition) is 2. The number of benzene rings is 1. The molecule has 0 fully saturated rings. The molecular weight excluding hydrogens is 454 g/mol. The zero-order chi connectivity index (χ0) is 24.6. The number of amides is 1. The first-order chi connectivity index (χ1) is 16.1. The molecule has 2 aromatic heterocycles. The van der Waals surface area contributed by atoms with Crippen LogP contribution in [0.1, 0.15) is 65.3 Å². The van der Waals surface area contributed by atoms with E-state index in [9.17, 15) is 14.4 Å². The van der Waals surface area contributed by atoms with Crippen molar-refractivity contribution in [3.63, 3.8) is 0 Å². The van der Waals surface area contributed by atoms with Crippen LogP contribution in [0, 0.1) is 11.3 Å². The van der Waals surface area contributed by atoms with Gasteiger partial charge >= 0.3 is 11.9 Å². The van der Waals surface area contributed by atoms with Crippen molar-refractivity contribution in [2.24, 2.45) is 11.3 Å². The van der Waals surface area contributed by atoms with Crippen LogP contribution in [-0.4, -0.2) is 41.0 Å². The highest BCUT2D eigenvalue weighted by molar-refractivity contribution is 7.17. The Morgan fingerprint density at radius 2 is 2.00 bits per heavy atom. The number of H-pyrrole nitrogens is 1. The molecule has 0 bridgehead atoms. The highest BCUT2D eigenvalue weighted by Crippen LogP contribution is 2.44. The summed E-state index contributed by atoms with van der Waals surface area (Å²) < 4.78 is 10.4. The predicted molar refractivity (Wildman–Crippen MR) is 130 cm³/mol. The molecule has 8 nitrogen and oxygen atoms in total.